The molecule has 0 bridgehead atoms. The summed E-state index contributed by atoms with van der Waals surface area (Å²) >= 11 is 0. The predicted octanol–water partition coefficient (Wildman–Crippen LogP) is 1.61. The van der Waals surface area contributed by atoms with Crippen molar-refractivity contribution in [3.8, 4) is 0 Å². The van der Waals surface area contributed by atoms with Crippen molar-refractivity contribution in [1.29, 1.82) is 0 Å². The molecule has 1 aromatic heterocycles. The van der Waals surface area contributed by atoms with E-state index in [9.17, 15) is 4.79 Å². The van der Waals surface area contributed by atoms with E-state index in [0.29, 0.717) is 0 Å². The third-order valence-electron chi connectivity index (χ3n) is 3.54. The molecule has 2 atom stereocenters. The summed E-state index contributed by atoms with van der Waals surface area (Å²) in [5.74, 6) is -0.188. The van der Waals surface area contributed by atoms with Crippen LogP contribution < -0.4 is 11.1 Å². The molecule has 0 fully saturated rings. The van der Waals surface area contributed by atoms with Crippen molar-refractivity contribution in [2.75, 3.05) is 0 Å². The number of nitrogens with two attached hydrogens (primary N) is 1. The normalized spacial score (nSPS) is 13.8. The second-order valence-corrected chi connectivity index (χ2v) is 4.93. The quantitative estimate of drug-likeness (QED) is 0.888. The number of carbonyl (C=O) groups is 1. The van der Waals surface area contributed by atoms with Gasteiger partial charge in [0.1, 0.15) is 6.04 Å². The molecule has 3 N–H and O–H groups in total. The van der Waals surface area contributed by atoms with E-state index in [2.05, 4.69) is 10.4 Å². The van der Waals surface area contributed by atoms with E-state index in [4.69, 9.17) is 5.73 Å². The first-order chi connectivity index (χ1) is 9.50. The van der Waals surface area contributed by atoms with Crippen LogP contribution in [0.4, 0.5) is 0 Å². The smallest absolute Gasteiger partial charge is 0.241 e. The van der Waals surface area contributed by atoms with Crippen LogP contribution in [0.1, 0.15) is 35.8 Å². The Morgan fingerprint density at radius 2 is 2.00 bits per heavy atom. The molecule has 0 aliphatic heterocycles. The zero-order valence-electron chi connectivity index (χ0n) is 12.0. The lowest BCUT2D eigenvalue weighted by atomic mass is 10.1. The van der Waals surface area contributed by atoms with E-state index in [0.717, 1.165) is 16.8 Å². The minimum Gasteiger partial charge on any atom is -0.348 e. The fraction of sp³-hybridized carbons (Fsp3) is 0.333. The zero-order chi connectivity index (χ0) is 14.7. The van der Waals surface area contributed by atoms with Crippen LogP contribution in [0.3, 0.4) is 0 Å². The maximum absolute atomic E-state index is 12.2. The monoisotopic (exact) mass is 272 g/mol. The van der Waals surface area contributed by atoms with E-state index in [-0.39, 0.29) is 11.9 Å². The van der Waals surface area contributed by atoms with Crippen molar-refractivity contribution >= 4 is 5.91 Å². The molecule has 0 aliphatic rings. The minimum atomic E-state index is -0.657. The second-order valence-electron chi connectivity index (χ2n) is 4.93. The summed E-state index contributed by atoms with van der Waals surface area (Å²) in [5, 5.41) is 7.11. The molecule has 20 heavy (non-hydrogen) atoms. The summed E-state index contributed by atoms with van der Waals surface area (Å²) in [6, 6.07) is 8.57. The predicted molar refractivity (Wildman–Crippen MR) is 77.9 cm³/mol. The fourth-order valence-corrected chi connectivity index (χ4v) is 2.13. The Labute approximate surface area is 118 Å². The highest BCUT2D eigenvalue weighted by molar-refractivity contribution is 5.83. The molecule has 1 heterocycles. The number of benzene rings is 1. The number of nitrogens with zero attached hydrogens (tertiary/aromatic N) is 2. The van der Waals surface area contributed by atoms with Crippen LogP contribution >= 0.6 is 0 Å². The fourth-order valence-electron chi connectivity index (χ4n) is 2.13. The standard InChI is InChI=1S/C15H20N4O/c1-10(13-9-17-19(3)11(13)2)18-15(20)14(16)12-7-5-4-6-8-12/h4-10,14H,16H2,1-3H3,(H,18,20)/t10?,14-/m1/s1. The van der Waals surface area contributed by atoms with Gasteiger partial charge in [0.2, 0.25) is 5.91 Å². The molecule has 1 unspecified atom stereocenters. The van der Waals surface area contributed by atoms with Crippen molar-refractivity contribution < 1.29 is 4.79 Å². The lowest BCUT2D eigenvalue weighted by Gasteiger charge is -2.17. The van der Waals surface area contributed by atoms with Crippen molar-refractivity contribution in [3.63, 3.8) is 0 Å². The van der Waals surface area contributed by atoms with Gasteiger partial charge in [-0.2, -0.15) is 5.10 Å². The third-order valence-corrected chi connectivity index (χ3v) is 3.54. The summed E-state index contributed by atoms with van der Waals surface area (Å²) in [7, 11) is 1.88. The molecule has 5 heteroatoms. The van der Waals surface area contributed by atoms with E-state index in [1.807, 2.05) is 51.2 Å². The number of nitrogens with one attached hydrogen (secondary N) is 1. The second kappa shape index (κ2) is 5.88. The highest BCUT2D eigenvalue weighted by Crippen LogP contribution is 2.17. The van der Waals surface area contributed by atoms with Crippen molar-refractivity contribution in [2.24, 2.45) is 12.8 Å². The van der Waals surface area contributed by atoms with Gasteiger partial charge in [0.05, 0.1) is 12.2 Å². The molecule has 0 radical (unpaired) electrons. The van der Waals surface area contributed by atoms with Gasteiger partial charge in [0.15, 0.2) is 0 Å². The lowest BCUT2D eigenvalue weighted by molar-refractivity contribution is -0.123. The molecule has 106 valence electrons. The van der Waals surface area contributed by atoms with Gasteiger partial charge in [-0.3, -0.25) is 9.48 Å². The summed E-state index contributed by atoms with van der Waals surface area (Å²) in [4.78, 5) is 12.2. The Morgan fingerprint density at radius 3 is 2.55 bits per heavy atom. The topological polar surface area (TPSA) is 72.9 Å². The average molecular weight is 272 g/mol. The summed E-state index contributed by atoms with van der Waals surface area (Å²) in [6.45, 7) is 3.90. The number of carbonyl (C=O) groups excluding carboxylic acids is 1. The van der Waals surface area contributed by atoms with Crippen LogP contribution in [-0.2, 0) is 11.8 Å². The molecule has 0 saturated heterocycles. The van der Waals surface area contributed by atoms with Crippen LogP contribution in [0.5, 0.6) is 0 Å². The van der Waals surface area contributed by atoms with Gasteiger partial charge in [-0.25, -0.2) is 0 Å². The van der Waals surface area contributed by atoms with Crippen molar-refractivity contribution in [2.45, 2.75) is 25.9 Å². The Kier molecular flexibility index (Phi) is 4.20. The number of hydrogen-bond donors (Lipinski definition) is 2. The van der Waals surface area contributed by atoms with E-state index in [1.165, 1.54) is 0 Å². The average Bonchev–Trinajstić information content (AvgIpc) is 2.79. The molecule has 5 nitrogen and oxygen atoms in total. The molecule has 0 saturated carbocycles. The molecular formula is C15H20N4O. The molecule has 1 aromatic carbocycles. The van der Waals surface area contributed by atoms with Crippen LogP contribution in [0.25, 0.3) is 0 Å². The SMILES string of the molecule is Cc1c(C(C)NC(=O)[C@H](N)c2ccccc2)cnn1C. The van der Waals surface area contributed by atoms with E-state index >= 15 is 0 Å². The van der Waals surface area contributed by atoms with Gasteiger partial charge in [0.25, 0.3) is 0 Å². The Balaban J connectivity index is 2.06. The van der Waals surface area contributed by atoms with Gasteiger partial charge in [-0.05, 0) is 19.4 Å². The zero-order valence-corrected chi connectivity index (χ0v) is 12.0. The number of hydrogen-bond acceptors (Lipinski definition) is 3. The molecule has 0 spiro atoms. The van der Waals surface area contributed by atoms with Crippen molar-refractivity contribution in [1.82, 2.24) is 15.1 Å². The molecule has 2 rings (SSSR count). The maximum atomic E-state index is 12.2. The van der Waals surface area contributed by atoms with Gasteiger partial charge in [-0.1, -0.05) is 30.3 Å². The molecule has 2 aromatic rings. The first-order valence-electron chi connectivity index (χ1n) is 6.60. The number of rotatable bonds is 4. The summed E-state index contributed by atoms with van der Waals surface area (Å²) in [6.07, 6.45) is 1.77. The maximum Gasteiger partial charge on any atom is 0.241 e. The molecule has 1 amide bonds. The minimum absolute atomic E-state index is 0.119. The number of amides is 1. The highest BCUT2D eigenvalue weighted by atomic mass is 16.2. The Hall–Kier alpha value is -2.14. The van der Waals surface area contributed by atoms with E-state index in [1.54, 1.807) is 10.9 Å². The third kappa shape index (κ3) is 2.88. The number of aryl methyl sites for hydroxylation is 1. The summed E-state index contributed by atoms with van der Waals surface area (Å²) in [5.41, 5.74) is 8.82. The van der Waals surface area contributed by atoms with Crippen LogP contribution in [-0.4, -0.2) is 15.7 Å². The van der Waals surface area contributed by atoms with Gasteiger partial charge >= 0.3 is 0 Å². The van der Waals surface area contributed by atoms with Gasteiger partial charge in [0, 0.05) is 18.3 Å². The van der Waals surface area contributed by atoms with Gasteiger partial charge < -0.3 is 11.1 Å². The van der Waals surface area contributed by atoms with Crippen molar-refractivity contribution in [3.05, 3.63) is 53.3 Å². The molecular weight excluding hydrogens is 252 g/mol. The van der Waals surface area contributed by atoms with Gasteiger partial charge in [-0.15, -0.1) is 0 Å². The van der Waals surface area contributed by atoms with E-state index < -0.39 is 6.04 Å². The van der Waals surface area contributed by atoms with Crippen LogP contribution in [0, 0.1) is 6.92 Å². The Morgan fingerprint density at radius 1 is 1.35 bits per heavy atom. The molecule has 0 aliphatic carbocycles. The number of aromatic nitrogens is 2. The van der Waals surface area contributed by atoms with Crippen LogP contribution in [0.15, 0.2) is 36.5 Å². The van der Waals surface area contributed by atoms with Crippen LogP contribution in [0.2, 0.25) is 0 Å². The Bertz CT molecular complexity index is 591. The first-order valence-corrected chi connectivity index (χ1v) is 6.60. The lowest BCUT2D eigenvalue weighted by Crippen LogP contribution is -2.35. The highest BCUT2D eigenvalue weighted by Gasteiger charge is 2.20. The largest absolute Gasteiger partial charge is 0.348 e. The first kappa shape index (κ1) is 14.3. The summed E-state index contributed by atoms with van der Waals surface area (Å²) < 4.78 is 1.79.